The lowest BCUT2D eigenvalue weighted by molar-refractivity contribution is 0.563. The van der Waals surface area contributed by atoms with Gasteiger partial charge < -0.3 is 0 Å². The van der Waals surface area contributed by atoms with Gasteiger partial charge in [-0.1, -0.05) is 119 Å². The molecule has 0 unspecified atom stereocenters. The van der Waals surface area contributed by atoms with E-state index >= 15 is 0 Å². The van der Waals surface area contributed by atoms with Gasteiger partial charge in [0, 0.05) is 0 Å². The molecule has 0 radical (unpaired) electrons. The Morgan fingerprint density at radius 1 is 0.556 bits per heavy atom. The highest BCUT2D eigenvalue weighted by molar-refractivity contribution is 7.99. The van der Waals surface area contributed by atoms with Gasteiger partial charge in [0.05, 0.1) is 0 Å². The minimum atomic E-state index is 1.19. The van der Waals surface area contributed by atoms with Crippen molar-refractivity contribution in [2.75, 3.05) is 11.5 Å². The monoisotopic (exact) mass is 382 g/mol. The number of benzene rings is 2. The van der Waals surface area contributed by atoms with Crippen LogP contribution in [0.2, 0.25) is 0 Å². The maximum absolute atomic E-state index is 2.30. The Balaban J connectivity index is 1.44. The zero-order valence-electron chi connectivity index (χ0n) is 17.3. The molecule has 0 aliphatic heterocycles. The zero-order valence-corrected chi connectivity index (χ0v) is 18.1. The van der Waals surface area contributed by atoms with Gasteiger partial charge in [-0.25, -0.2) is 0 Å². The van der Waals surface area contributed by atoms with Crippen molar-refractivity contribution in [2.24, 2.45) is 0 Å². The summed E-state index contributed by atoms with van der Waals surface area (Å²) in [5, 5.41) is 0. The molecular weight excluding hydrogens is 344 g/mol. The molecule has 0 atom stereocenters. The van der Waals surface area contributed by atoms with E-state index in [0.29, 0.717) is 0 Å². The first-order chi connectivity index (χ1) is 13.4. The van der Waals surface area contributed by atoms with E-state index in [9.17, 15) is 0 Å². The molecule has 0 fully saturated rings. The predicted octanol–water partition coefficient (Wildman–Crippen LogP) is 8.55. The Labute approximate surface area is 172 Å². The molecule has 0 saturated carbocycles. The lowest BCUT2D eigenvalue weighted by Gasteiger charge is -2.05. The fourth-order valence-corrected chi connectivity index (χ4v) is 4.47. The van der Waals surface area contributed by atoms with Gasteiger partial charge in [0.15, 0.2) is 0 Å². The summed E-state index contributed by atoms with van der Waals surface area (Å²) in [6, 6.07) is 19.8. The van der Waals surface area contributed by atoms with Gasteiger partial charge in [0.2, 0.25) is 0 Å². The highest BCUT2D eigenvalue weighted by Crippen LogP contribution is 2.20. The number of hydrogen-bond acceptors (Lipinski definition) is 1. The highest BCUT2D eigenvalue weighted by atomic mass is 32.2. The van der Waals surface area contributed by atoms with Crippen LogP contribution in [-0.4, -0.2) is 11.5 Å². The summed E-state index contributed by atoms with van der Waals surface area (Å²) >= 11 is 2.13. The second kappa shape index (κ2) is 14.8. The van der Waals surface area contributed by atoms with Gasteiger partial charge in [0.25, 0.3) is 0 Å². The van der Waals surface area contributed by atoms with Crippen LogP contribution in [0.4, 0.5) is 0 Å². The normalized spacial score (nSPS) is 11.0. The molecule has 0 heterocycles. The molecule has 0 amide bonds. The summed E-state index contributed by atoms with van der Waals surface area (Å²) in [5.41, 5.74) is 4.09. The lowest BCUT2D eigenvalue weighted by Crippen LogP contribution is -1.91. The Morgan fingerprint density at radius 2 is 1.11 bits per heavy atom. The van der Waals surface area contributed by atoms with Crippen molar-refractivity contribution in [3.05, 3.63) is 60.2 Å². The third kappa shape index (κ3) is 10.1. The van der Waals surface area contributed by atoms with Crippen molar-refractivity contribution in [3.8, 4) is 11.1 Å². The number of unbranched alkanes of at least 4 members (excludes halogenated alkanes) is 9. The van der Waals surface area contributed by atoms with E-state index < -0.39 is 0 Å². The summed E-state index contributed by atoms with van der Waals surface area (Å²) in [6.07, 6.45) is 15.5. The molecule has 27 heavy (non-hydrogen) atoms. The van der Waals surface area contributed by atoms with Crippen LogP contribution in [0.5, 0.6) is 0 Å². The largest absolute Gasteiger partial charge is 0.162 e. The minimum Gasteiger partial charge on any atom is -0.162 e. The first kappa shape index (κ1) is 22.1. The fourth-order valence-electron chi connectivity index (χ4n) is 3.48. The molecule has 0 spiro atoms. The molecule has 0 aromatic heterocycles. The van der Waals surface area contributed by atoms with Crippen LogP contribution in [-0.2, 0) is 6.42 Å². The molecule has 2 aromatic rings. The molecule has 0 aliphatic rings. The predicted molar refractivity (Wildman–Crippen MR) is 125 cm³/mol. The van der Waals surface area contributed by atoms with Crippen molar-refractivity contribution in [2.45, 2.75) is 77.6 Å². The molecule has 0 N–H and O–H groups in total. The molecule has 0 nitrogen and oxygen atoms in total. The first-order valence-corrected chi connectivity index (χ1v) is 12.3. The van der Waals surface area contributed by atoms with E-state index in [2.05, 4.69) is 73.3 Å². The number of hydrogen-bond donors (Lipinski definition) is 0. The van der Waals surface area contributed by atoms with Gasteiger partial charge in [-0.2, -0.15) is 11.8 Å². The maximum Gasteiger partial charge on any atom is -0.00270 e. The maximum atomic E-state index is 2.30. The minimum absolute atomic E-state index is 1.19. The quantitative estimate of drug-likeness (QED) is 0.278. The molecule has 2 rings (SSSR count). The Bertz CT molecular complexity index is 573. The number of aryl methyl sites for hydroxylation is 1. The summed E-state index contributed by atoms with van der Waals surface area (Å²) in [6.45, 7) is 2.29. The van der Waals surface area contributed by atoms with Crippen molar-refractivity contribution in [3.63, 3.8) is 0 Å². The average Bonchev–Trinajstić information content (AvgIpc) is 2.72. The van der Waals surface area contributed by atoms with E-state index in [4.69, 9.17) is 0 Å². The van der Waals surface area contributed by atoms with Crippen molar-refractivity contribution >= 4 is 11.8 Å². The van der Waals surface area contributed by atoms with Crippen LogP contribution in [0.1, 0.15) is 76.7 Å². The number of thioether (sulfide) groups is 1. The highest BCUT2D eigenvalue weighted by Gasteiger charge is 1.98. The van der Waals surface area contributed by atoms with E-state index in [1.54, 1.807) is 0 Å². The van der Waals surface area contributed by atoms with Crippen LogP contribution in [0.15, 0.2) is 54.6 Å². The van der Waals surface area contributed by atoms with E-state index in [0.717, 1.165) is 0 Å². The molecule has 1 heteroatoms. The van der Waals surface area contributed by atoms with Crippen molar-refractivity contribution in [1.82, 2.24) is 0 Å². The Morgan fingerprint density at radius 3 is 1.74 bits per heavy atom. The molecular formula is C26H38S. The molecule has 0 bridgehead atoms. The van der Waals surface area contributed by atoms with Gasteiger partial charge in [-0.05, 0) is 41.0 Å². The zero-order chi connectivity index (χ0) is 19.0. The van der Waals surface area contributed by atoms with Crippen molar-refractivity contribution < 1.29 is 0 Å². The van der Waals surface area contributed by atoms with Gasteiger partial charge in [-0.3, -0.25) is 0 Å². The third-order valence-corrected chi connectivity index (χ3v) is 6.31. The smallest absolute Gasteiger partial charge is 0.00270 e. The van der Waals surface area contributed by atoms with Crippen LogP contribution in [0.3, 0.4) is 0 Å². The third-order valence-electron chi connectivity index (χ3n) is 5.24. The summed E-state index contributed by atoms with van der Waals surface area (Å²) in [7, 11) is 0. The van der Waals surface area contributed by atoms with Crippen LogP contribution in [0, 0.1) is 0 Å². The topological polar surface area (TPSA) is 0 Å². The standard InChI is InChI=1S/C26H38S/c1-2-3-4-5-6-7-8-9-10-14-22-27-23-21-24-17-19-26(20-18-24)25-15-12-11-13-16-25/h11-13,15-20H,2-10,14,21-23H2,1H3. The van der Waals surface area contributed by atoms with Gasteiger partial charge in [0.1, 0.15) is 0 Å². The average molecular weight is 383 g/mol. The van der Waals surface area contributed by atoms with Crippen molar-refractivity contribution in [1.29, 1.82) is 0 Å². The molecule has 148 valence electrons. The summed E-state index contributed by atoms with van der Waals surface area (Å²) < 4.78 is 0. The second-order valence-corrected chi connectivity index (χ2v) is 8.83. The second-order valence-electron chi connectivity index (χ2n) is 7.61. The molecule has 0 aliphatic carbocycles. The Hall–Kier alpha value is -1.21. The van der Waals surface area contributed by atoms with E-state index in [-0.39, 0.29) is 0 Å². The summed E-state index contributed by atoms with van der Waals surface area (Å²) in [5.74, 6) is 2.58. The van der Waals surface area contributed by atoms with Crippen LogP contribution < -0.4 is 0 Å². The first-order valence-electron chi connectivity index (χ1n) is 11.1. The molecule has 2 aromatic carbocycles. The summed E-state index contributed by atoms with van der Waals surface area (Å²) in [4.78, 5) is 0. The van der Waals surface area contributed by atoms with Gasteiger partial charge in [-0.15, -0.1) is 0 Å². The van der Waals surface area contributed by atoms with E-state index in [1.807, 2.05) is 0 Å². The molecule has 0 saturated heterocycles. The Kier molecular flexibility index (Phi) is 12.1. The van der Waals surface area contributed by atoms with Crippen LogP contribution in [0.25, 0.3) is 11.1 Å². The number of rotatable bonds is 15. The lowest BCUT2D eigenvalue weighted by atomic mass is 10.0. The van der Waals surface area contributed by atoms with Gasteiger partial charge >= 0.3 is 0 Å². The SMILES string of the molecule is CCCCCCCCCCCCSCCc1ccc(-c2ccccc2)cc1. The van der Waals surface area contributed by atoms with E-state index in [1.165, 1.54) is 98.8 Å². The van der Waals surface area contributed by atoms with Crippen LogP contribution >= 0.6 is 11.8 Å². The fraction of sp³-hybridized carbons (Fsp3) is 0.538.